The SMILES string of the molecule is CCC(C)N(C)S(=O)(=O)c1ccc(C#CCN)c(C)c1. The molecule has 5 heteroatoms. The number of hydrogen-bond acceptors (Lipinski definition) is 3. The zero-order chi connectivity index (χ0) is 15.3. The highest BCUT2D eigenvalue weighted by atomic mass is 32.2. The lowest BCUT2D eigenvalue weighted by Crippen LogP contribution is -2.34. The van der Waals surface area contributed by atoms with E-state index in [2.05, 4.69) is 11.8 Å². The molecule has 0 fully saturated rings. The Hall–Kier alpha value is -1.35. The monoisotopic (exact) mass is 294 g/mol. The normalized spacial score (nSPS) is 12.9. The fourth-order valence-electron chi connectivity index (χ4n) is 1.74. The quantitative estimate of drug-likeness (QED) is 0.860. The number of benzene rings is 1. The summed E-state index contributed by atoms with van der Waals surface area (Å²) < 4.78 is 26.4. The molecular formula is C15H22N2O2S. The fraction of sp³-hybridized carbons (Fsp3) is 0.467. The van der Waals surface area contributed by atoms with Crippen molar-refractivity contribution in [2.24, 2.45) is 5.73 Å². The van der Waals surface area contributed by atoms with E-state index in [1.54, 1.807) is 25.2 Å². The van der Waals surface area contributed by atoms with E-state index in [1.165, 1.54) is 4.31 Å². The van der Waals surface area contributed by atoms with E-state index >= 15 is 0 Å². The maximum atomic E-state index is 12.5. The molecule has 4 nitrogen and oxygen atoms in total. The van der Waals surface area contributed by atoms with E-state index in [0.29, 0.717) is 4.90 Å². The molecule has 1 rings (SSSR count). The van der Waals surface area contributed by atoms with Crippen LogP contribution in [-0.2, 0) is 10.0 Å². The van der Waals surface area contributed by atoms with E-state index in [1.807, 2.05) is 20.8 Å². The summed E-state index contributed by atoms with van der Waals surface area (Å²) in [5, 5.41) is 0. The Morgan fingerprint density at radius 1 is 1.40 bits per heavy atom. The molecule has 1 aromatic rings. The van der Waals surface area contributed by atoms with Crippen molar-refractivity contribution in [1.29, 1.82) is 0 Å². The van der Waals surface area contributed by atoms with Crippen molar-refractivity contribution in [3.05, 3.63) is 29.3 Å². The smallest absolute Gasteiger partial charge is 0.243 e. The molecule has 0 radical (unpaired) electrons. The maximum Gasteiger partial charge on any atom is 0.243 e. The van der Waals surface area contributed by atoms with Gasteiger partial charge in [-0.1, -0.05) is 18.8 Å². The van der Waals surface area contributed by atoms with E-state index < -0.39 is 10.0 Å². The predicted molar refractivity (Wildman–Crippen MR) is 81.8 cm³/mol. The molecule has 0 aliphatic rings. The Bertz CT molecular complexity index is 627. The Kier molecular flexibility index (Phi) is 5.75. The third-order valence-corrected chi connectivity index (χ3v) is 5.38. The van der Waals surface area contributed by atoms with Gasteiger partial charge in [-0.25, -0.2) is 8.42 Å². The van der Waals surface area contributed by atoms with E-state index in [4.69, 9.17) is 5.73 Å². The molecule has 20 heavy (non-hydrogen) atoms. The lowest BCUT2D eigenvalue weighted by molar-refractivity contribution is 0.380. The van der Waals surface area contributed by atoms with Crippen molar-refractivity contribution < 1.29 is 8.42 Å². The van der Waals surface area contributed by atoms with Crippen LogP contribution in [0.15, 0.2) is 23.1 Å². The average molecular weight is 294 g/mol. The van der Waals surface area contributed by atoms with Gasteiger partial charge in [0.15, 0.2) is 0 Å². The lowest BCUT2D eigenvalue weighted by atomic mass is 10.1. The Morgan fingerprint density at radius 2 is 2.05 bits per heavy atom. The summed E-state index contributed by atoms with van der Waals surface area (Å²) >= 11 is 0. The molecule has 1 unspecified atom stereocenters. The van der Waals surface area contributed by atoms with Crippen LogP contribution in [0, 0.1) is 18.8 Å². The standard InChI is InChI=1S/C15H22N2O2S/c1-5-13(3)17(4)20(18,19)15-9-8-14(7-6-10-16)12(2)11-15/h8-9,11,13H,5,10,16H2,1-4H3. The highest BCUT2D eigenvalue weighted by molar-refractivity contribution is 7.89. The summed E-state index contributed by atoms with van der Waals surface area (Å²) in [4.78, 5) is 0.302. The molecule has 0 aliphatic carbocycles. The van der Waals surface area contributed by atoms with Crippen LogP contribution in [-0.4, -0.2) is 32.4 Å². The van der Waals surface area contributed by atoms with Crippen molar-refractivity contribution in [1.82, 2.24) is 4.31 Å². The van der Waals surface area contributed by atoms with Crippen molar-refractivity contribution >= 4 is 10.0 Å². The number of sulfonamides is 1. The zero-order valence-electron chi connectivity index (χ0n) is 12.5. The molecule has 0 heterocycles. The summed E-state index contributed by atoms with van der Waals surface area (Å²) in [6.07, 6.45) is 0.773. The van der Waals surface area contributed by atoms with Gasteiger partial charge in [0, 0.05) is 18.7 Å². The van der Waals surface area contributed by atoms with Crippen LogP contribution in [0.25, 0.3) is 0 Å². The first-order valence-electron chi connectivity index (χ1n) is 6.62. The Labute approximate surface area is 122 Å². The molecule has 0 aliphatic heterocycles. The van der Waals surface area contributed by atoms with Crippen LogP contribution >= 0.6 is 0 Å². The molecule has 0 bridgehead atoms. The summed E-state index contributed by atoms with van der Waals surface area (Å²) in [6, 6.07) is 4.96. The molecule has 0 saturated heterocycles. The first-order chi connectivity index (χ1) is 9.34. The number of rotatable bonds is 4. The molecule has 1 aromatic carbocycles. The minimum absolute atomic E-state index is 0.0305. The zero-order valence-corrected chi connectivity index (χ0v) is 13.3. The van der Waals surface area contributed by atoms with Gasteiger partial charge in [-0.05, 0) is 44.0 Å². The second-order valence-corrected chi connectivity index (χ2v) is 6.76. The molecule has 0 saturated carbocycles. The topological polar surface area (TPSA) is 63.4 Å². The largest absolute Gasteiger partial charge is 0.320 e. The number of nitrogens with zero attached hydrogens (tertiary/aromatic N) is 1. The van der Waals surface area contributed by atoms with Crippen molar-refractivity contribution in [2.75, 3.05) is 13.6 Å². The highest BCUT2D eigenvalue weighted by Crippen LogP contribution is 2.20. The lowest BCUT2D eigenvalue weighted by Gasteiger charge is -2.23. The summed E-state index contributed by atoms with van der Waals surface area (Å²) in [7, 11) is -1.84. The van der Waals surface area contributed by atoms with Crippen LogP contribution in [0.1, 0.15) is 31.4 Å². The van der Waals surface area contributed by atoms with Gasteiger partial charge >= 0.3 is 0 Å². The molecule has 110 valence electrons. The van der Waals surface area contributed by atoms with Gasteiger partial charge < -0.3 is 5.73 Å². The number of hydrogen-bond donors (Lipinski definition) is 1. The summed E-state index contributed by atoms with van der Waals surface area (Å²) in [6.45, 7) is 6.00. The van der Waals surface area contributed by atoms with Crippen molar-refractivity contribution in [2.45, 2.75) is 38.1 Å². The molecular weight excluding hydrogens is 272 g/mol. The Balaban J connectivity index is 3.18. The van der Waals surface area contributed by atoms with Crippen molar-refractivity contribution in [3.63, 3.8) is 0 Å². The van der Waals surface area contributed by atoms with E-state index in [-0.39, 0.29) is 12.6 Å². The van der Waals surface area contributed by atoms with Crippen LogP contribution < -0.4 is 5.73 Å². The van der Waals surface area contributed by atoms with E-state index in [9.17, 15) is 8.42 Å². The van der Waals surface area contributed by atoms with Crippen molar-refractivity contribution in [3.8, 4) is 11.8 Å². The first-order valence-corrected chi connectivity index (χ1v) is 8.06. The maximum absolute atomic E-state index is 12.5. The molecule has 0 aromatic heterocycles. The minimum atomic E-state index is -3.45. The van der Waals surface area contributed by atoms with Gasteiger partial charge in [0.2, 0.25) is 10.0 Å². The minimum Gasteiger partial charge on any atom is -0.320 e. The van der Waals surface area contributed by atoms with Gasteiger partial charge in [0.25, 0.3) is 0 Å². The second kappa shape index (κ2) is 6.89. The third-order valence-electron chi connectivity index (χ3n) is 3.41. The average Bonchev–Trinajstić information content (AvgIpc) is 2.44. The van der Waals surface area contributed by atoms with Gasteiger partial charge in [0.1, 0.15) is 0 Å². The molecule has 0 amide bonds. The van der Waals surface area contributed by atoms with Gasteiger partial charge in [-0.15, -0.1) is 0 Å². The number of aryl methyl sites for hydroxylation is 1. The second-order valence-electron chi connectivity index (χ2n) is 4.76. The first kappa shape index (κ1) is 16.7. The molecule has 0 spiro atoms. The van der Waals surface area contributed by atoms with Gasteiger partial charge in [0.05, 0.1) is 11.4 Å². The molecule has 1 atom stereocenters. The highest BCUT2D eigenvalue weighted by Gasteiger charge is 2.24. The predicted octanol–water partition coefficient (Wildman–Crippen LogP) is 1.72. The summed E-state index contributed by atoms with van der Waals surface area (Å²) in [5.74, 6) is 5.70. The number of nitrogens with two attached hydrogens (primary N) is 1. The van der Waals surface area contributed by atoms with Gasteiger partial charge in [-0.3, -0.25) is 0 Å². The van der Waals surface area contributed by atoms with Gasteiger partial charge in [-0.2, -0.15) is 4.31 Å². The van der Waals surface area contributed by atoms with E-state index in [0.717, 1.165) is 17.5 Å². The van der Waals surface area contributed by atoms with Crippen LogP contribution in [0.2, 0.25) is 0 Å². The van der Waals surface area contributed by atoms with Crippen LogP contribution in [0.5, 0.6) is 0 Å². The third kappa shape index (κ3) is 3.60. The summed E-state index contributed by atoms with van der Waals surface area (Å²) in [5.41, 5.74) is 6.98. The fourth-order valence-corrected chi connectivity index (χ4v) is 3.26. The van der Waals surface area contributed by atoms with Crippen LogP contribution in [0.4, 0.5) is 0 Å². The van der Waals surface area contributed by atoms with Crippen LogP contribution in [0.3, 0.4) is 0 Å². The molecule has 2 N–H and O–H groups in total. The Morgan fingerprint density at radius 3 is 2.55 bits per heavy atom.